The van der Waals surface area contributed by atoms with Crippen molar-refractivity contribution in [1.82, 2.24) is 4.98 Å². The summed E-state index contributed by atoms with van der Waals surface area (Å²) >= 11 is -1.42. The number of halogens is 1. The molecule has 0 fully saturated rings. The van der Waals surface area contributed by atoms with E-state index in [2.05, 4.69) is 9.38 Å². The van der Waals surface area contributed by atoms with Crippen LogP contribution in [0.15, 0.2) is 47.1 Å². The van der Waals surface area contributed by atoms with Crippen molar-refractivity contribution in [3.63, 3.8) is 0 Å². The molecule has 118 valence electrons. The molecule has 6 heteroatoms. The number of hydrogen-bond donors (Lipinski definition) is 0. The molecule has 2 aromatic rings. The van der Waals surface area contributed by atoms with Crippen molar-refractivity contribution in [3.8, 4) is 6.07 Å². The Morgan fingerprint density at radius 3 is 2.74 bits per heavy atom. The summed E-state index contributed by atoms with van der Waals surface area (Å²) in [5.41, 5.74) is 1.48. The van der Waals surface area contributed by atoms with E-state index in [-0.39, 0.29) is 11.5 Å². The van der Waals surface area contributed by atoms with Crippen molar-refractivity contribution in [3.05, 3.63) is 65.2 Å². The molecule has 0 aliphatic carbocycles. The molecule has 0 radical (unpaired) electrons. The monoisotopic (exact) mass is 329 g/mol. The predicted molar refractivity (Wildman–Crippen MR) is 88.8 cm³/mol. The van der Waals surface area contributed by atoms with E-state index in [1.165, 1.54) is 12.1 Å². The van der Waals surface area contributed by atoms with Crippen LogP contribution < -0.4 is 0 Å². The first kappa shape index (κ1) is 17.1. The Morgan fingerprint density at radius 2 is 2.17 bits per heavy atom. The van der Waals surface area contributed by atoms with Crippen molar-refractivity contribution >= 4 is 17.1 Å². The second kappa shape index (κ2) is 7.86. The number of pyridine rings is 1. The predicted octanol–water partition coefficient (Wildman–Crippen LogP) is 3.25. The highest BCUT2D eigenvalue weighted by Gasteiger charge is 2.16. The van der Waals surface area contributed by atoms with Crippen LogP contribution in [0.2, 0.25) is 0 Å². The summed E-state index contributed by atoms with van der Waals surface area (Å²) in [6, 6.07) is 9.51. The molecule has 1 unspecified atom stereocenters. The molecule has 23 heavy (non-hydrogen) atoms. The lowest BCUT2D eigenvalue weighted by Crippen LogP contribution is -2.14. The average Bonchev–Trinajstić information content (AvgIpc) is 2.52. The smallest absolute Gasteiger partial charge is 0.141 e. The van der Waals surface area contributed by atoms with Crippen LogP contribution in [-0.2, 0) is 11.4 Å². The normalized spacial score (nSPS) is 13.0. The van der Waals surface area contributed by atoms with Gasteiger partial charge in [0, 0.05) is 29.4 Å². The second-order valence-corrected chi connectivity index (χ2v) is 6.53. The maximum absolute atomic E-state index is 13.9. The Kier molecular flexibility index (Phi) is 5.85. The van der Waals surface area contributed by atoms with Crippen LogP contribution in [0.3, 0.4) is 0 Å². The third-order valence-electron chi connectivity index (χ3n) is 2.97. The van der Waals surface area contributed by atoms with Crippen molar-refractivity contribution in [2.45, 2.75) is 13.8 Å². The minimum atomic E-state index is -1.42. The van der Waals surface area contributed by atoms with E-state index in [1.807, 2.05) is 13.8 Å². The highest BCUT2D eigenvalue weighted by atomic mass is 32.2. The molecule has 0 aliphatic rings. The van der Waals surface area contributed by atoms with Crippen LogP contribution >= 0.6 is 0 Å². The van der Waals surface area contributed by atoms with Crippen molar-refractivity contribution in [2.75, 3.05) is 5.75 Å². The van der Waals surface area contributed by atoms with Gasteiger partial charge in [-0.05, 0) is 24.3 Å². The summed E-state index contributed by atoms with van der Waals surface area (Å²) in [7, 11) is 0. The molecule has 0 N–H and O–H groups in total. The number of hydrogen-bond acceptors (Lipinski definition) is 4. The van der Waals surface area contributed by atoms with Gasteiger partial charge in [0.15, 0.2) is 0 Å². The molecule has 0 amide bonds. The summed E-state index contributed by atoms with van der Waals surface area (Å²) in [6.45, 7) is 3.91. The molecule has 0 spiro atoms. The third-order valence-corrected chi connectivity index (χ3v) is 4.30. The first-order chi connectivity index (χ1) is 11.0. The van der Waals surface area contributed by atoms with E-state index >= 15 is 0 Å². The van der Waals surface area contributed by atoms with E-state index in [9.17, 15) is 8.94 Å². The molecule has 4 nitrogen and oxygen atoms in total. The van der Waals surface area contributed by atoms with Gasteiger partial charge in [-0.2, -0.15) is 5.26 Å². The van der Waals surface area contributed by atoms with Gasteiger partial charge in [-0.3, -0.25) is 4.98 Å². The van der Waals surface area contributed by atoms with Gasteiger partial charge in [0.05, 0.1) is 16.9 Å². The molecule has 1 aromatic carbocycles. The number of nitriles is 1. The Balaban J connectivity index is 2.48. The molecular formula is C17H16FN3OS. The molecule has 2 rings (SSSR count). The molecule has 1 heterocycles. The number of benzene rings is 1. The number of nitrogens with zero attached hydrogens (tertiary/aromatic N) is 3. The van der Waals surface area contributed by atoms with Crippen molar-refractivity contribution < 1.29 is 8.94 Å². The zero-order valence-electron chi connectivity index (χ0n) is 12.9. The van der Waals surface area contributed by atoms with Crippen LogP contribution in [-0.4, -0.2) is 21.0 Å². The Bertz CT molecular complexity index is 741. The zero-order valence-corrected chi connectivity index (χ0v) is 13.7. The Morgan fingerprint density at radius 1 is 1.39 bits per heavy atom. The fraction of sp³-hybridized carbons (Fsp3) is 0.235. The van der Waals surface area contributed by atoms with Gasteiger partial charge in [0.2, 0.25) is 0 Å². The lowest BCUT2D eigenvalue weighted by molar-refractivity contribution is 0.583. The lowest BCUT2D eigenvalue weighted by atomic mass is 10.0. The quantitative estimate of drug-likeness (QED) is 0.624. The highest BCUT2D eigenvalue weighted by molar-refractivity contribution is 7.90. The van der Waals surface area contributed by atoms with Crippen molar-refractivity contribution in [2.24, 2.45) is 10.3 Å². The molecule has 0 bridgehead atoms. The van der Waals surface area contributed by atoms with Gasteiger partial charge in [0.25, 0.3) is 0 Å². The molecule has 1 aromatic heterocycles. The SMILES string of the molecule is CC(C)C[S+]([O-])N=C(c1cccnc1)c1ccc(C#N)c(F)c1. The zero-order chi connectivity index (χ0) is 16.8. The number of aromatic nitrogens is 1. The van der Waals surface area contributed by atoms with Crippen molar-refractivity contribution in [1.29, 1.82) is 5.26 Å². The Hall–Kier alpha value is -2.23. The fourth-order valence-corrected chi connectivity index (χ4v) is 3.01. The molecule has 0 aliphatic heterocycles. The van der Waals surface area contributed by atoms with Gasteiger partial charge in [-0.25, -0.2) is 4.39 Å². The summed E-state index contributed by atoms with van der Waals surface area (Å²) in [5.74, 6) is 0.0198. The standard InChI is InChI=1S/C17H16FN3OS/c1-12(2)11-23(22)21-17(15-4-3-7-20-10-15)13-5-6-14(9-19)16(18)8-13/h3-8,10,12H,11H2,1-2H3. The summed E-state index contributed by atoms with van der Waals surface area (Å²) in [6.07, 6.45) is 3.20. The van der Waals surface area contributed by atoms with E-state index < -0.39 is 17.2 Å². The first-order valence-electron chi connectivity index (χ1n) is 7.09. The molecular weight excluding hydrogens is 313 g/mol. The van der Waals surface area contributed by atoms with Gasteiger partial charge in [0.1, 0.15) is 23.4 Å². The van der Waals surface area contributed by atoms with Crippen LogP contribution in [0, 0.1) is 23.1 Å². The topological polar surface area (TPSA) is 72.1 Å². The second-order valence-electron chi connectivity index (χ2n) is 5.37. The fourth-order valence-electron chi connectivity index (χ4n) is 1.95. The molecule has 1 atom stereocenters. The highest BCUT2D eigenvalue weighted by Crippen LogP contribution is 2.16. The maximum atomic E-state index is 13.9. The van der Waals surface area contributed by atoms with Crippen LogP contribution in [0.25, 0.3) is 0 Å². The van der Waals surface area contributed by atoms with E-state index in [1.54, 1.807) is 36.7 Å². The maximum Gasteiger partial charge on any atom is 0.141 e. The summed E-state index contributed by atoms with van der Waals surface area (Å²) in [4.78, 5) is 4.03. The first-order valence-corrected chi connectivity index (χ1v) is 8.36. The number of rotatable bonds is 5. The van der Waals surface area contributed by atoms with E-state index in [0.717, 1.165) is 0 Å². The van der Waals surface area contributed by atoms with Gasteiger partial charge in [-0.15, -0.1) is 0 Å². The molecule has 0 saturated heterocycles. The lowest BCUT2D eigenvalue weighted by Gasteiger charge is -2.10. The summed E-state index contributed by atoms with van der Waals surface area (Å²) in [5, 5.41) is 8.83. The average molecular weight is 329 g/mol. The van der Waals surface area contributed by atoms with Gasteiger partial charge < -0.3 is 4.55 Å². The third kappa shape index (κ3) is 4.62. The minimum absolute atomic E-state index is 0.0393. The minimum Gasteiger partial charge on any atom is -0.591 e. The largest absolute Gasteiger partial charge is 0.591 e. The summed E-state index contributed by atoms with van der Waals surface area (Å²) < 4.78 is 30.3. The van der Waals surface area contributed by atoms with Crippen LogP contribution in [0.1, 0.15) is 30.5 Å². The van der Waals surface area contributed by atoms with E-state index in [4.69, 9.17) is 5.26 Å². The van der Waals surface area contributed by atoms with Crippen LogP contribution in [0.4, 0.5) is 4.39 Å². The van der Waals surface area contributed by atoms with Gasteiger partial charge in [-0.1, -0.05) is 24.3 Å². The molecule has 0 saturated carbocycles. The Labute approximate surface area is 138 Å². The van der Waals surface area contributed by atoms with Crippen LogP contribution in [0.5, 0.6) is 0 Å². The van der Waals surface area contributed by atoms with E-state index in [0.29, 0.717) is 22.6 Å². The van der Waals surface area contributed by atoms with Gasteiger partial charge >= 0.3 is 0 Å².